The zero-order valence-electron chi connectivity index (χ0n) is 2.84. The van der Waals surface area contributed by atoms with Gasteiger partial charge in [-0.3, -0.25) is 4.91 Å². The van der Waals surface area contributed by atoms with Gasteiger partial charge in [0.05, 0.1) is 0 Å². The van der Waals surface area contributed by atoms with Gasteiger partial charge in [-0.15, -0.1) is 0 Å². The first kappa shape index (κ1) is 20.1. The average Bonchev–Trinajstić information content (AvgIpc) is 0.918. The summed E-state index contributed by atoms with van der Waals surface area (Å²) in [6.07, 6.45) is 0. The van der Waals surface area contributed by atoms with Crippen LogP contribution in [-0.4, -0.2) is 0 Å². The molecule has 0 fully saturated rings. The summed E-state index contributed by atoms with van der Waals surface area (Å²) in [7, 11) is 0. The number of hydrogen-bond acceptors (Lipinski definition) is 0. The van der Waals surface area contributed by atoms with Gasteiger partial charge in [-0.1, -0.05) is 0 Å². The van der Waals surface area contributed by atoms with Crippen molar-refractivity contribution in [3.8, 4) is 0 Å². The number of nitrogens with zero attached hydrogens (tertiary/aromatic N) is 3. The van der Waals surface area contributed by atoms with Crippen molar-refractivity contribution in [2.24, 2.45) is 0 Å². The molecule has 0 aromatic rings. The second kappa shape index (κ2) is 36.6. The third-order valence-electron chi connectivity index (χ3n) is 0. The van der Waals surface area contributed by atoms with Gasteiger partial charge in [0.25, 0.3) is 0 Å². The van der Waals surface area contributed by atoms with Crippen LogP contribution in [0.3, 0.4) is 0 Å². The maximum atomic E-state index is 6.75. The Morgan fingerprint density at radius 3 is 1.20 bits per heavy atom. The molecule has 0 aromatic carbocycles. The van der Waals surface area contributed by atoms with E-state index in [1.54, 1.807) is 0 Å². The molecule has 5 heavy (non-hydrogen) atoms. The summed E-state index contributed by atoms with van der Waals surface area (Å²) >= 11 is 0. The minimum Gasteiger partial charge on any atom is -0.373 e. The Bertz CT molecular complexity index is 24.6. The monoisotopic (exact) mass is 108 g/mol. The van der Waals surface area contributed by atoms with Crippen LogP contribution in [0.25, 0.3) is 16.0 Å². The molecule has 4 N–H and O–H groups in total. The van der Waals surface area contributed by atoms with E-state index in [1.807, 2.05) is 0 Å². The SMILES string of the molecule is [N-]=[N+]=[N-].[NH4+].[Ti]. The molecule has 0 heterocycles. The molecule has 0 rings (SSSR count). The quantitative estimate of drug-likeness (QED) is 0.209. The molecule has 28 valence electrons. The van der Waals surface area contributed by atoms with Crippen LogP contribution in [0.5, 0.6) is 0 Å². The van der Waals surface area contributed by atoms with Gasteiger partial charge in [0.15, 0.2) is 0 Å². The van der Waals surface area contributed by atoms with Gasteiger partial charge in [0.1, 0.15) is 0 Å². The van der Waals surface area contributed by atoms with Crippen molar-refractivity contribution in [2.45, 2.75) is 0 Å². The van der Waals surface area contributed by atoms with Crippen molar-refractivity contribution >= 4 is 0 Å². The van der Waals surface area contributed by atoms with Gasteiger partial charge >= 0.3 is 0 Å². The summed E-state index contributed by atoms with van der Waals surface area (Å²) in [6.45, 7) is 0. The van der Waals surface area contributed by atoms with E-state index in [0.29, 0.717) is 0 Å². The van der Waals surface area contributed by atoms with Crippen LogP contribution in [0.15, 0.2) is 0 Å². The summed E-state index contributed by atoms with van der Waals surface area (Å²) in [4.78, 5) is 1.50. The molecule has 4 nitrogen and oxygen atoms in total. The topological polar surface area (TPSA) is 95.2 Å². The van der Waals surface area contributed by atoms with Crippen LogP contribution < -0.4 is 6.15 Å². The average molecular weight is 108 g/mol. The maximum Gasteiger partial charge on any atom is 0 e. The predicted octanol–water partition coefficient (Wildman–Crippen LogP) is 1.24. The first-order chi connectivity index (χ1) is 1.41. The summed E-state index contributed by atoms with van der Waals surface area (Å²) < 4.78 is 0. The number of hydrogen-bond donors (Lipinski definition) is 1. The van der Waals surface area contributed by atoms with Gasteiger partial charge in [0.2, 0.25) is 0 Å². The minimum absolute atomic E-state index is 0. The summed E-state index contributed by atoms with van der Waals surface area (Å²) in [5.41, 5.74) is 13.5. The fourth-order valence-electron chi connectivity index (χ4n) is 0. The predicted molar refractivity (Wildman–Crippen MR) is 16.1 cm³/mol. The fraction of sp³-hybridized carbons (Fsp3) is 0. The van der Waals surface area contributed by atoms with Gasteiger partial charge < -0.3 is 17.2 Å². The molecule has 0 unspecified atom stereocenters. The molecule has 0 saturated carbocycles. The van der Waals surface area contributed by atoms with Crippen molar-refractivity contribution in [3.63, 3.8) is 0 Å². The van der Waals surface area contributed by atoms with Crippen LogP contribution >= 0.6 is 0 Å². The molecule has 5 heteroatoms. The Morgan fingerprint density at radius 2 is 1.20 bits per heavy atom. The van der Waals surface area contributed by atoms with Crippen molar-refractivity contribution < 1.29 is 21.7 Å². The molecule has 0 bridgehead atoms. The van der Waals surface area contributed by atoms with Crippen LogP contribution in [0, 0.1) is 0 Å². The molecule has 0 amide bonds. The van der Waals surface area contributed by atoms with E-state index in [-0.39, 0.29) is 27.9 Å². The third kappa shape index (κ3) is 63500. The Labute approximate surface area is 44.4 Å². The second-order valence-corrected chi connectivity index (χ2v) is 0.0894. The molecular formula is H4N4Ti. The Balaban J connectivity index is -0.0000000200. The zero-order chi connectivity index (χ0) is 2.71. The number of rotatable bonds is 0. The third-order valence-corrected chi connectivity index (χ3v) is 0. The molecule has 0 aliphatic rings. The molecule has 0 atom stereocenters. The van der Waals surface area contributed by atoms with E-state index in [2.05, 4.69) is 0 Å². The molecule has 0 spiro atoms. The van der Waals surface area contributed by atoms with Crippen LogP contribution in [0.4, 0.5) is 0 Å². The van der Waals surface area contributed by atoms with Crippen molar-refractivity contribution in [2.75, 3.05) is 0 Å². The maximum absolute atomic E-state index is 6.75. The van der Waals surface area contributed by atoms with Gasteiger partial charge in [-0.05, 0) is 0 Å². The summed E-state index contributed by atoms with van der Waals surface area (Å²) in [6, 6.07) is 0. The first-order valence-corrected chi connectivity index (χ1v) is 0.400. The van der Waals surface area contributed by atoms with E-state index >= 15 is 0 Å². The fourth-order valence-corrected chi connectivity index (χ4v) is 0. The van der Waals surface area contributed by atoms with Gasteiger partial charge in [-0.25, -0.2) is 0 Å². The van der Waals surface area contributed by atoms with Crippen LogP contribution in [0.1, 0.15) is 0 Å². The van der Waals surface area contributed by atoms with Gasteiger partial charge in [-0.2, -0.15) is 0 Å². The smallest absolute Gasteiger partial charge is 0 e. The zero-order valence-corrected chi connectivity index (χ0v) is 4.40. The molecule has 0 radical (unpaired) electrons. The van der Waals surface area contributed by atoms with E-state index in [9.17, 15) is 0 Å². The molecular weight excluding hydrogens is 104 g/mol. The van der Waals surface area contributed by atoms with E-state index in [0.717, 1.165) is 0 Å². The van der Waals surface area contributed by atoms with Gasteiger partial charge in [0, 0.05) is 21.7 Å². The van der Waals surface area contributed by atoms with Crippen molar-refractivity contribution in [1.29, 1.82) is 0 Å². The Hall–Kier alpha value is -0.0157. The number of quaternary nitrogens is 1. The summed E-state index contributed by atoms with van der Waals surface area (Å²) in [5.74, 6) is 0. The van der Waals surface area contributed by atoms with Crippen molar-refractivity contribution in [1.82, 2.24) is 6.15 Å². The van der Waals surface area contributed by atoms with Crippen LogP contribution in [0.2, 0.25) is 0 Å². The Kier molecular flexibility index (Phi) is 147. The van der Waals surface area contributed by atoms with E-state index < -0.39 is 0 Å². The normalized spacial score (nSPS) is 1.60. The molecule has 0 saturated heterocycles. The molecule has 0 aromatic heterocycles. The minimum atomic E-state index is 0. The summed E-state index contributed by atoms with van der Waals surface area (Å²) in [5, 5.41) is 0. The van der Waals surface area contributed by atoms with Crippen LogP contribution in [-0.2, 0) is 21.7 Å². The first-order valence-electron chi connectivity index (χ1n) is 0.400. The second-order valence-electron chi connectivity index (χ2n) is 0.0894. The molecule has 0 aliphatic heterocycles. The van der Waals surface area contributed by atoms with E-state index in [4.69, 9.17) is 11.1 Å². The van der Waals surface area contributed by atoms with Crippen molar-refractivity contribution in [3.05, 3.63) is 16.0 Å². The standard InChI is InChI=1S/N3.H3N.Ti/c1-3-2;;/h;1H3;/q-1;;/p+1. The van der Waals surface area contributed by atoms with E-state index in [1.165, 1.54) is 4.91 Å². The largest absolute Gasteiger partial charge is 0.373 e. The molecule has 0 aliphatic carbocycles. The Morgan fingerprint density at radius 1 is 1.20 bits per heavy atom.